The van der Waals surface area contributed by atoms with E-state index in [0.717, 1.165) is 12.0 Å². The summed E-state index contributed by atoms with van der Waals surface area (Å²) in [7, 11) is 1.58. The molecule has 0 bridgehead atoms. The van der Waals surface area contributed by atoms with Gasteiger partial charge in [0.05, 0.1) is 19.8 Å². The number of amides is 1. The normalized spacial score (nSPS) is 12.2. The maximum absolute atomic E-state index is 11.5. The number of aliphatic hydroxyl groups excluding tert-OH is 1. The molecule has 0 spiro atoms. The molecule has 116 valence electrons. The van der Waals surface area contributed by atoms with Crippen molar-refractivity contribution in [2.45, 2.75) is 26.4 Å². The summed E-state index contributed by atoms with van der Waals surface area (Å²) >= 11 is 0. The van der Waals surface area contributed by atoms with Crippen LogP contribution < -0.4 is 14.8 Å². The molecule has 1 unspecified atom stereocenters. The highest BCUT2D eigenvalue weighted by atomic mass is 16.5. The second-order valence-corrected chi connectivity index (χ2v) is 4.69. The summed E-state index contributed by atoms with van der Waals surface area (Å²) < 4.78 is 10.8. The number of carbonyl (C=O) groups is 1. The van der Waals surface area contributed by atoms with Crippen molar-refractivity contribution in [3.63, 3.8) is 0 Å². The fourth-order valence-electron chi connectivity index (χ4n) is 1.60. The minimum atomic E-state index is -0.558. The lowest BCUT2D eigenvalue weighted by Gasteiger charge is -2.10. The zero-order valence-corrected chi connectivity index (χ0v) is 12.8. The van der Waals surface area contributed by atoms with E-state index in [1.54, 1.807) is 20.1 Å². The maximum Gasteiger partial charge on any atom is 0.244 e. The summed E-state index contributed by atoms with van der Waals surface area (Å²) in [4.78, 5) is 11.5. The van der Waals surface area contributed by atoms with Crippen molar-refractivity contribution in [3.8, 4) is 11.5 Å². The molecule has 1 aromatic carbocycles. The van der Waals surface area contributed by atoms with Crippen molar-refractivity contribution in [3.05, 3.63) is 29.8 Å². The van der Waals surface area contributed by atoms with Gasteiger partial charge < -0.3 is 19.9 Å². The molecule has 1 atom stereocenters. The summed E-state index contributed by atoms with van der Waals surface area (Å²) in [6, 6.07) is 5.48. The standard InChI is InChI=1S/C16H23NO4/c1-4-9-21-14-7-5-13(10-15(14)20-3)6-8-16(19)17-11-12(2)18/h5-8,10,12,18H,4,9,11H2,1-3H3,(H,17,19)/b8-6+. The number of aliphatic hydroxyl groups is 1. The minimum absolute atomic E-state index is 0.232. The Morgan fingerprint density at radius 2 is 2.19 bits per heavy atom. The number of hydrogen-bond acceptors (Lipinski definition) is 4. The molecule has 1 aromatic rings. The molecule has 0 aromatic heterocycles. The second-order valence-electron chi connectivity index (χ2n) is 4.69. The summed E-state index contributed by atoms with van der Waals surface area (Å²) in [6.45, 7) is 4.52. The smallest absolute Gasteiger partial charge is 0.244 e. The average Bonchev–Trinajstić information content (AvgIpc) is 2.49. The van der Waals surface area contributed by atoms with Crippen molar-refractivity contribution >= 4 is 12.0 Å². The number of benzene rings is 1. The van der Waals surface area contributed by atoms with E-state index < -0.39 is 6.10 Å². The Kier molecular flexibility index (Phi) is 7.32. The van der Waals surface area contributed by atoms with Gasteiger partial charge in [-0.15, -0.1) is 0 Å². The molecule has 5 heteroatoms. The molecule has 21 heavy (non-hydrogen) atoms. The highest BCUT2D eigenvalue weighted by molar-refractivity contribution is 5.91. The molecule has 0 aliphatic rings. The Bertz CT molecular complexity index is 483. The van der Waals surface area contributed by atoms with E-state index >= 15 is 0 Å². The zero-order chi connectivity index (χ0) is 15.7. The fourth-order valence-corrected chi connectivity index (χ4v) is 1.60. The third-order valence-electron chi connectivity index (χ3n) is 2.65. The molecule has 0 radical (unpaired) electrons. The first-order valence-electron chi connectivity index (χ1n) is 7.01. The van der Waals surface area contributed by atoms with Gasteiger partial charge in [0.2, 0.25) is 5.91 Å². The van der Waals surface area contributed by atoms with E-state index in [1.807, 2.05) is 25.1 Å². The monoisotopic (exact) mass is 293 g/mol. The van der Waals surface area contributed by atoms with E-state index in [0.29, 0.717) is 18.1 Å². The molecule has 5 nitrogen and oxygen atoms in total. The lowest BCUT2D eigenvalue weighted by Crippen LogP contribution is -2.28. The van der Waals surface area contributed by atoms with Crippen LogP contribution in [0, 0.1) is 0 Å². The molecule has 0 heterocycles. The molecule has 0 aliphatic heterocycles. The number of ether oxygens (including phenoxy) is 2. The van der Waals surface area contributed by atoms with Gasteiger partial charge in [0, 0.05) is 12.6 Å². The first kappa shape index (κ1) is 17.0. The zero-order valence-electron chi connectivity index (χ0n) is 12.8. The van der Waals surface area contributed by atoms with Crippen molar-refractivity contribution in [1.29, 1.82) is 0 Å². The molecule has 2 N–H and O–H groups in total. The van der Waals surface area contributed by atoms with Crippen LogP contribution in [0.15, 0.2) is 24.3 Å². The third-order valence-corrected chi connectivity index (χ3v) is 2.65. The van der Waals surface area contributed by atoms with Gasteiger partial charge >= 0.3 is 0 Å². The Hall–Kier alpha value is -2.01. The van der Waals surface area contributed by atoms with Gasteiger partial charge in [0.25, 0.3) is 0 Å². The molecular formula is C16H23NO4. The SMILES string of the molecule is CCCOc1ccc(/C=C/C(=O)NCC(C)O)cc1OC. The average molecular weight is 293 g/mol. The number of methoxy groups -OCH3 is 1. The molecule has 1 rings (SSSR count). The number of rotatable bonds is 8. The lowest BCUT2D eigenvalue weighted by atomic mass is 10.2. The first-order valence-corrected chi connectivity index (χ1v) is 7.01. The number of nitrogens with one attached hydrogen (secondary N) is 1. The second kappa shape index (κ2) is 9.02. The van der Waals surface area contributed by atoms with E-state index in [-0.39, 0.29) is 12.5 Å². The Labute approximate surface area is 125 Å². The van der Waals surface area contributed by atoms with E-state index in [1.165, 1.54) is 6.08 Å². The first-order chi connectivity index (χ1) is 10.1. The molecule has 1 amide bonds. The highest BCUT2D eigenvalue weighted by Crippen LogP contribution is 2.28. The molecule has 0 fully saturated rings. The van der Waals surface area contributed by atoms with Crippen LogP contribution in [0.2, 0.25) is 0 Å². The topological polar surface area (TPSA) is 67.8 Å². The van der Waals surface area contributed by atoms with E-state index in [2.05, 4.69) is 5.32 Å². The van der Waals surface area contributed by atoms with Gasteiger partial charge in [-0.05, 0) is 37.1 Å². The number of carbonyl (C=O) groups excluding carboxylic acids is 1. The van der Waals surface area contributed by atoms with Gasteiger partial charge in [-0.25, -0.2) is 0 Å². The van der Waals surface area contributed by atoms with Gasteiger partial charge in [0.15, 0.2) is 11.5 Å². The number of hydrogen-bond donors (Lipinski definition) is 2. The van der Waals surface area contributed by atoms with Crippen LogP contribution in [0.25, 0.3) is 6.08 Å². The Balaban J connectivity index is 2.69. The summed E-state index contributed by atoms with van der Waals surface area (Å²) in [5, 5.41) is 11.7. The highest BCUT2D eigenvalue weighted by Gasteiger charge is 2.04. The molecular weight excluding hydrogens is 270 g/mol. The fraction of sp³-hybridized carbons (Fsp3) is 0.438. The van der Waals surface area contributed by atoms with Gasteiger partial charge in [-0.3, -0.25) is 4.79 Å². The van der Waals surface area contributed by atoms with Crippen LogP contribution in [0.4, 0.5) is 0 Å². The van der Waals surface area contributed by atoms with E-state index in [9.17, 15) is 4.79 Å². The summed E-state index contributed by atoms with van der Waals surface area (Å²) in [5.41, 5.74) is 0.836. The van der Waals surface area contributed by atoms with Crippen LogP contribution in [0.1, 0.15) is 25.8 Å². The van der Waals surface area contributed by atoms with Crippen LogP contribution >= 0.6 is 0 Å². The van der Waals surface area contributed by atoms with Crippen LogP contribution in [0.3, 0.4) is 0 Å². The largest absolute Gasteiger partial charge is 0.493 e. The van der Waals surface area contributed by atoms with Crippen molar-refractivity contribution in [2.24, 2.45) is 0 Å². The van der Waals surface area contributed by atoms with E-state index in [4.69, 9.17) is 14.6 Å². The maximum atomic E-state index is 11.5. The quantitative estimate of drug-likeness (QED) is 0.719. The Morgan fingerprint density at radius 1 is 1.43 bits per heavy atom. The predicted octanol–water partition coefficient (Wildman–Crippen LogP) is 1.99. The van der Waals surface area contributed by atoms with Crippen molar-refractivity contribution < 1.29 is 19.4 Å². The van der Waals surface area contributed by atoms with Crippen LogP contribution in [-0.2, 0) is 4.79 Å². The summed E-state index contributed by atoms with van der Waals surface area (Å²) in [5.74, 6) is 1.08. The molecule has 0 saturated carbocycles. The minimum Gasteiger partial charge on any atom is -0.493 e. The molecule has 0 aliphatic carbocycles. The summed E-state index contributed by atoms with van der Waals surface area (Å²) in [6.07, 6.45) is 3.47. The third kappa shape index (κ3) is 6.31. The van der Waals surface area contributed by atoms with Crippen LogP contribution in [0.5, 0.6) is 11.5 Å². The van der Waals surface area contributed by atoms with Gasteiger partial charge in [-0.2, -0.15) is 0 Å². The van der Waals surface area contributed by atoms with Crippen molar-refractivity contribution in [1.82, 2.24) is 5.32 Å². The van der Waals surface area contributed by atoms with Crippen LogP contribution in [-0.4, -0.2) is 37.4 Å². The Morgan fingerprint density at radius 3 is 2.81 bits per heavy atom. The van der Waals surface area contributed by atoms with Gasteiger partial charge in [-0.1, -0.05) is 13.0 Å². The van der Waals surface area contributed by atoms with Gasteiger partial charge in [0.1, 0.15) is 0 Å². The predicted molar refractivity (Wildman–Crippen MR) is 82.5 cm³/mol. The molecule has 0 saturated heterocycles. The van der Waals surface area contributed by atoms with Crippen molar-refractivity contribution in [2.75, 3.05) is 20.3 Å². The lowest BCUT2D eigenvalue weighted by molar-refractivity contribution is -0.116.